The standard InChI is InChI=1S/C30H29NO5S/c1-35-30(34)21-9-12-24-22(17-21)18-36-27-13-7-19(16-25(27)29(24)37-15-14-28(32)33)6-10-23-11-8-20-4-2-3-5-26(20)31-23/h6-13,16-17,29H,2-5,14-15,18H2,1H3,(H,32,33)/b10-6+. The number of methoxy groups -OCH3 is 1. The molecule has 7 heteroatoms. The number of carboxylic acid groups (broad SMARTS) is 1. The van der Waals surface area contributed by atoms with Gasteiger partial charge in [0.1, 0.15) is 12.4 Å². The number of ether oxygens (including phenoxy) is 2. The molecule has 190 valence electrons. The fraction of sp³-hybridized carbons (Fsp3) is 0.300. The molecule has 3 aromatic rings. The van der Waals surface area contributed by atoms with Gasteiger partial charge in [0.25, 0.3) is 0 Å². The Morgan fingerprint density at radius 3 is 2.76 bits per heavy atom. The minimum absolute atomic E-state index is 0.0660. The molecule has 0 radical (unpaired) electrons. The van der Waals surface area contributed by atoms with Crippen molar-refractivity contribution in [1.82, 2.24) is 4.98 Å². The number of hydrogen-bond acceptors (Lipinski definition) is 6. The van der Waals surface area contributed by atoms with E-state index in [2.05, 4.69) is 24.3 Å². The van der Waals surface area contributed by atoms with Gasteiger partial charge in [0, 0.05) is 17.0 Å². The van der Waals surface area contributed by atoms with Gasteiger partial charge in [0.2, 0.25) is 0 Å². The Labute approximate surface area is 220 Å². The zero-order valence-corrected chi connectivity index (χ0v) is 21.6. The van der Waals surface area contributed by atoms with Crippen molar-refractivity contribution in [2.75, 3.05) is 12.9 Å². The van der Waals surface area contributed by atoms with Crippen molar-refractivity contribution in [3.63, 3.8) is 0 Å². The lowest BCUT2D eigenvalue weighted by Gasteiger charge is -2.19. The summed E-state index contributed by atoms with van der Waals surface area (Å²) >= 11 is 1.57. The van der Waals surface area contributed by atoms with E-state index in [9.17, 15) is 14.7 Å². The number of benzene rings is 2. The molecule has 1 atom stereocenters. The van der Waals surface area contributed by atoms with Crippen LogP contribution in [0.25, 0.3) is 12.2 Å². The van der Waals surface area contributed by atoms with E-state index in [1.165, 1.54) is 31.2 Å². The van der Waals surface area contributed by atoms with Gasteiger partial charge < -0.3 is 14.6 Å². The van der Waals surface area contributed by atoms with Gasteiger partial charge in [0.15, 0.2) is 0 Å². The molecule has 0 saturated heterocycles. The number of thioether (sulfide) groups is 1. The fourth-order valence-electron chi connectivity index (χ4n) is 4.88. The molecule has 0 fully saturated rings. The third kappa shape index (κ3) is 5.72. The number of hydrogen-bond donors (Lipinski definition) is 1. The van der Waals surface area contributed by atoms with Crippen LogP contribution < -0.4 is 4.74 Å². The number of nitrogens with zero attached hydrogens (tertiary/aromatic N) is 1. The van der Waals surface area contributed by atoms with E-state index < -0.39 is 11.9 Å². The highest BCUT2D eigenvalue weighted by Gasteiger charge is 2.26. The molecule has 2 heterocycles. The molecule has 1 aromatic heterocycles. The molecule has 1 aliphatic heterocycles. The predicted molar refractivity (Wildman–Crippen MR) is 145 cm³/mol. The monoisotopic (exact) mass is 515 g/mol. The number of carbonyl (C=O) groups excluding carboxylic acids is 1. The molecule has 1 aliphatic carbocycles. The Bertz CT molecular complexity index is 1370. The molecule has 37 heavy (non-hydrogen) atoms. The van der Waals surface area contributed by atoms with E-state index in [0.717, 1.165) is 46.5 Å². The number of esters is 1. The van der Waals surface area contributed by atoms with Gasteiger partial charge in [-0.1, -0.05) is 24.3 Å². The van der Waals surface area contributed by atoms with Gasteiger partial charge in [-0.25, -0.2) is 4.79 Å². The molecule has 0 amide bonds. The smallest absolute Gasteiger partial charge is 0.337 e. The van der Waals surface area contributed by atoms with Gasteiger partial charge in [-0.15, -0.1) is 11.8 Å². The summed E-state index contributed by atoms with van der Waals surface area (Å²) in [6.45, 7) is 0.317. The van der Waals surface area contributed by atoms with Crippen LogP contribution in [0.2, 0.25) is 0 Å². The topological polar surface area (TPSA) is 85.7 Å². The summed E-state index contributed by atoms with van der Waals surface area (Å²) < 4.78 is 11.0. The van der Waals surface area contributed by atoms with E-state index in [4.69, 9.17) is 14.5 Å². The third-order valence-electron chi connectivity index (χ3n) is 6.79. The van der Waals surface area contributed by atoms with Crippen LogP contribution in [0.3, 0.4) is 0 Å². The van der Waals surface area contributed by atoms with Crippen LogP contribution in [0.5, 0.6) is 5.75 Å². The van der Waals surface area contributed by atoms with Crippen molar-refractivity contribution in [3.05, 3.63) is 93.3 Å². The van der Waals surface area contributed by atoms with Crippen molar-refractivity contribution < 1.29 is 24.2 Å². The number of fused-ring (bicyclic) bond motifs is 3. The molecule has 1 N–H and O–H groups in total. The molecule has 0 bridgehead atoms. The number of rotatable bonds is 7. The normalized spacial score (nSPS) is 16.2. The quantitative estimate of drug-likeness (QED) is 0.380. The first-order valence-corrected chi connectivity index (χ1v) is 13.5. The SMILES string of the molecule is COC(=O)c1ccc2c(c1)COc1ccc(/C=C/c3ccc4c(n3)CCCC4)cc1C2SCCC(=O)O. The third-order valence-corrected chi connectivity index (χ3v) is 8.07. The van der Waals surface area contributed by atoms with E-state index in [1.54, 1.807) is 23.9 Å². The first-order valence-electron chi connectivity index (χ1n) is 12.5. The van der Waals surface area contributed by atoms with Gasteiger partial charge >= 0.3 is 11.9 Å². The van der Waals surface area contributed by atoms with Gasteiger partial charge in [-0.2, -0.15) is 0 Å². The highest BCUT2D eigenvalue weighted by Crippen LogP contribution is 2.45. The van der Waals surface area contributed by atoms with Crippen LogP contribution in [-0.4, -0.2) is 34.9 Å². The summed E-state index contributed by atoms with van der Waals surface area (Å²) in [5, 5.41) is 9.07. The Morgan fingerprint density at radius 2 is 1.92 bits per heavy atom. The highest BCUT2D eigenvalue weighted by molar-refractivity contribution is 7.99. The summed E-state index contributed by atoms with van der Waals surface area (Å²) in [5.74, 6) is -0.0137. The number of carbonyl (C=O) groups is 2. The molecule has 6 nitrogen and oxygen atoms in total. The van der Waals surface area contributed by atoms with Gasteiger partial charge in [-0.3, -0.25) is 9.78 Å². The van der Waals surface area contributed by atoms with Crippen LogP contribution in [0.4, 0.5) is 0 Å². The van der Waals surface area contributed by atoms with Crippen LogP contribution >= 0.6 is 11.8 Å². The number of aliphatic carboxylic acids is 1. The van der Waals surface area contributed by atoms with E-state index in [-0.39, 0.29) is 11.7 Å². The zero-order valence-electron chi connectivity index (χ0n) is 20.7. The van der Waals surface area contributed by atoms with E-state index in [0.29, 0.717) is 17.9 Å². The molecule has 0 saturated carbocycles. The van der Waals surface area contributed by atoms with Crippen molar-refractivity contribution in [2.45, 2.75) is 44.0 Å². The summed E-state index contributed by atoms with van der Waals surface area (Å²) in [5.41, 5.74) is 7.89. The average molecular weight is 516 g/mol. The van der Waals surface area contributed by atoms with Crippen molar-refractivity contribution >= 4 is 35.9 Å². The Balaban J connectivity index is 1.47. The van der Waals surface area contributed by atoms with Crippen molar-refractivity contribution in [2.24, 2.45) is 0 Å². The minimum Gasteiger partial charge on any atom is -0.489 e. The lowest BCUT2D eigenvalue weighted by Crippen LogP contribution is -2.06. The Morgan fingerprint density at radius 1 is 1.05 bits per heavy atom. The lowest BCUT2D eigenvalue weighted by molar-refractivity contribution is -0.136. The second-order valence-electron chi connectivity index (χ2n) is 9.27. The predicted octanol–water partition coefficient (Wildman–Crippen LogP) is 6.11. The minimum atomic E-state index is -0.826. The number of carboxylic acids is 1. The Hall–Kier alpha value is -3.58. The van der Waals surface area contributed by atoms with E-state index >= 15 is 0 Å². The second-order valence-corrected chi connectivity index (χ2v) is 10.5. The molecule has 5 rings (SSSR count). The van der Waals surface area contributed by atoms with Crippen LogP contribution in [0, 0.1) is 0 Å². The number of aryl methyl sites for hydroxylation is 2. The number of aromatic nitrogens is 1. The molecule has 1 unspecified atom stereocenters. The first kappa shape index (κ1) is 25.1. The lowest BCUT2D eigenvalue weighted by atomic mass is 9.95. The fourth-order valence-corrected chi connectivity index (χ4v) is 6.18. The molecule has 0 spiro atoms. The Kier molecular flexibility index (Phi) is 7.60. The molecular weight excluding hydrogens is 486 g/mol. The summed E-state index contributed by atoms with van der Waals surface area (Å²) in [6, 6.07) is 15.8. The van der Waals surface area contributed by atoms with Crippen molar-refractivity contribution in [1.29, 1.82) is 0 Å². The summed E-state index contributed by atoms with van der Waals surface area (Å²) in [4.78, 5) is 28.2. The van der Waals surface area contributed by atoms with Crippen molar-refractivity contribution in [3.8, 4) is 5.75 Å². The average Bonchev–Trinajstić information content (AvgIpc) is 3.07. The maximum absolute atomic E-state index is 12.1. The van der Waals surface area contributed by atoms with Crippen LogP contribution in [-0.2, 0) is 29.0 Å². The largest absolute Gasteiger partial charge is 0.489 e. The van der Waals surface area contributed by atoms with Crippen LogP contribution in [0.15, 0.2) is 48.5 Å². The summed E-state index contributed by atoms with van der Waals surface area (Å²) in [7, 11) is 1.36. The molecule has 2 aliphatic rings. The molecule has 2 aromatic carbocycles. The van der Waals surface area contributed by atoms with Gasteiger partial charge in [-0.05, 0) is 84.3 Å². The summed E-state index contributed by atoms with van der Waals surface area (Å²) in [6.07, 6.45) is 8.75. The molecular formula is C30H29NO5S. The maximum atomic E-state index is 12.1. The van der Waals surface area contributed by atoms with Gasteiger partial charge in [0.05, 0.1) is 30.0 Å². The van der Waals surface area contributed by atoms with E-state index in [1.807, 2.05) is 24.3 Å². The maximum Gasteiger partial charge on any atom is 0.337 e. The van der Waals surface area contributed by atoms with Crippen LogP contribution in [0.1, 0.15) is 74.1 Å². The first-order chi connectivity index (χ1) is 18.0. The second kappa shape index (κ2) is 11.2. The zero-order chi connectivity index (χ0) is 25.8. The highest BCUT2D eigenvalue weighted by atomic mass is 32.2. The number of pyridine rings is 1.